The zero-order valence-electron chi connectivity index (χ0n) is 19.8. The lowest BCUT2D eigenvalue weighted by Crippen LogP contribution is -2.58. The topological polar surface area (TPSA) is 217 Å². The van der Waals surface area contributed by atoms with Gasteiger partial charge in [0.05, 0.1) is 12.4 Å². The molecule has 4 atom stereocenters. The molecule has 0 aliphatic rings. The van der Waals surface area contributed by atoms with Crippen LogP contribution in [0.2, 0.25) is 0 Å². The molecule has 8 N–H and O–H groups in total. The second-order valence-corrected chi connectivity index (χ2v) is 8.58. The number of amides is 3. The van der Waals surface area contributed by atoms with E-state index in [1.165, 1.54) is 12.5 Å². The van der Waals surface area contributed by atoms with Crippen molar-refractivity contribution in [2.24, 2.45) is 5.73 Å². The standard InChI is InChI=1S/C23H30N6O7S/c24-15(8-13-4-2-1-3-5-13)20(32)29-18(11-37)22(34)28-17(9-14-10-25-12-26-14)21(33)27-16(23(35)36)6-7-19(30)31/h1-5,10,12,15-18,37H,6-9,11,24H2,(H,25,26)(H,27,33)(H,28,34)(H,29,32)(H,30,31)(H,35,36). The summed E-state index contributed by atoms with van der Waals surface area (Å²) >= 11 is 4.12. The molecule has 0 bridgehead atoms. The number of hydrogen-bond acceptors (Lipinski definition) is 8. The van der Waals surface area contributed by atoms with Gasteiger partial charge in [-0.3, -0.25) is 19.2 Å². The normalized spacial score (nSPS) is 14.0. The van der Waals surface area contributed by atoms with Gasteiger partial charge in [0.15, 0.2) is 0 Å². The zero-order chi connectivity index (χ0) is 27.4. The maximum absolute atomic E-state index is 13.0. The molecule has 1 aromatic heterocycles. The molecule has 2 aromatic rings. The van der Waals surface area contributed by atoms with Crippen LogP contribution in [-0.4, -0.2) is 79.8 Å². The quantitative estimate of drug-likeness (QED) is 0.129. The number of carbonyl (C=O) groups is 5. The lowest BCUT2D eigenvalue weighted by Gasteiger charge is -2.24. The molecule has 0 spiro atoms. The first-order valence-electron chi connectivity index (χ1n) is 11.3. The minimum absolute atomic E-state index is 0.0798. The Morgan fingerprint density at radius 2 is 1.54 bits per heavy atom. The summed E-state index contributed by atoms with van der Waals surface area (Å²) in [6, 6.07) is 4.25. The molecule has 1 aromatic carbocycles. The molecular formula is C23H30N6O7S. The van der Waals surface area contributed by atoms with Crippen molar-refractivity contribution in [3.05, 3.63) is 54.1 Å². The summed E-state index contributed by atoms with van der Waals surface area (Å²) < 4.78 is 0. The van der Waals surface area contributed by atoms with Crippen LogP contribution in [0.1, 0.15) is 24.1 Å². The second kappa shape index (κ2) is 14.6. The number of carboxylic acids is 2. The maximum Gasteiger partial charge on any atom is 0.326 e. The number of imidazole rings is 1. The van der Waals surface area contributed by atoms with Gasteiger partial charge in [0, 0.05) is 30.5 Å². The zero-order valence-corrected chi connectivity index (χ0v) is 20.7. The summed E-state index contributed by atoms with van der Waals surface area (Å²) in [4.78, 5) is 67.4. The Hall–Kier alpha value is -3.91. The van der Waals surface area contributed by atoms with Crippen LogP contribution in [0.4, 0.5) is 0 Å². The van der Waals surface area contributed by atoms with Crippen molar-refractivity contribution in [3.63, 3.8) is 0 Å². The molecule has 0 radical (unpaired) electrons. The monoisotopic (exact) mass is 534 g/mol. The number of nitrogens with two attached hydrogens (primary N) is 1. The fraction of sp³-hybridized carbons (Fsp3) is 0.391. The Kier molecular flexibility index (Phi) is 11.6. The van der Waals surface area contributed by atoms with Gasteiger partial charge in [-0.15, -0.1) is 0 Å². The molecule has 200 valence electrons. The van der Waals surface area contributed by atoms with Gasteiger partial charge in [-0.1, -0.05) is 30.3 Å². The minimum atomic E-state index is -1.49. The molecule has 0 fully saturated rings. The number of aliphatic carboxylic acids is 2. The average Bonchev–Trinajstić information content (AvgIpc) is 3.37. The highest BCUT2D eigenvalue weighted by Crippen LogP contribution is 2.05. The summed E-state index contributed by atoms with van der Waals surface area (Å²) in [5.74, 6) is -4.94. The van der Waals surface area contributed by atoms with E-state index in [0.29, 0.717) is 5.69 Å². The first kappa shape index (κ1) is 29.3. The molecule has 0 saturated heterocycles. The van der Waals surface area contributed by atoms with Gasteiger partial charge in [-0.2, -0.15) is 12.6 Å². The van der Waals surface area contributed by atoms with Crippen molar-refractivity contribution in [2.45, 2.75) is 49.9 Å². The number of H-pyrrole nitrogens is 1. The number of thiol groups is 1. The number of nitrogens with one attached hydrogen (secondary N) is 4. The number of carbonyl (C=O) groups excluding carboxylic acids is 3. The number of aromatic amines is 1. The Bertz CT molecular complexity index is 1070. The number of carboxylic acid groups (broad SMARTS) is 2. The van der Waals surface area contributed by atoms with Crippen molar-refractivity contribution in [2.75, 3.05) is 5.75 Å². The number of aromatic nitrogens is 2. The molecule has 13 nitrogen and oxygen atoms in total. The Balaban J connectivity index is 2.08. The first-order chi connectivity index (χ1) is 17.6. The van der Waals surface area contributed by atoms with Crippen LogP contribution >= 0.6 is 12.6 Å². The van der Waals surface area contributed by atoms with Crippen LogP contribution in [0.5, 0.6) is 0 Å². The minimum Gasteiger partial charge on any atom is -0.481 e. The molecular weight excluding hydrogens is 504 g/mol. The maximum atomic E-state index is 13.0. The largest absolute Gasteiger partial charge is 0.481 e. The fourth-order valence-electron chi connectivity index (χ4n) is 3.33. The molecule has 4 unspecified atom stereocenters. The number of nitrogens with zero attached hydrogens (tertiary/aromatic N) is 1. The van der Waals surface area contributed by atoms with Crippen molar-refractivity contribution in [3.8, 4) is 0 Å². The van der Waals surface area contributed by atoms with Gasteiger partial charge >= 0.3 is 11.9 Å². The van der Waals surface area contributed by atoms with Gasteiger partial charge in [0.25, 0.3) is 0 Å². The SMILES string of the molecule is NC(Cc1ccccc1)C(=O)NC(CS)C(=O)NC(Cc1cnc[nH]1)C(=O)NC(CCC(=O)O)C(=O)O. The number of hydrogen-bond donors (Lipinski definition) is 8. The van der Waals surface area contributed by atoms with Gasteiger partial charge in [-0.05, 0) is 18.4 Å². The molecule has 2 rings (SSSR count). The smallest absolute Gasteiger partial charge is 0.326 e. The Morgan fingerprint density at radius 1 is 0.919 bits per heavy atom. The van der Waals surface area contributed by atoms with Crippen LogP contribution < -0.4 is 21.7 Å². The van der Waals surface area contributed by atoms with E-state index in [4.69, 9.17) is 10.8 Å². The molecule has 0 aliphatic carbocycles. The highest BCUT2D eigenvalue weighted by atomic mass is 32.1. The van der Waals surface area contributed by atoms with E-state index in [0.717, 1.165) is 5.56 Å². The van der Waals surface area contributed by atoms with Crippen LogP contribution in [0.25, 0.3) is 0 Å². The van der Waals surface area contributed by atoms with Crippen molar-refractivity contribution in [1.29, 1.82) is 0 Å². The van der Waals surface area contributed by atoms with E-state index in [1.54, 1.807) is 0 Å². The fourth-order valence-corrected chi connectivity index (χ4v) is 3.59. The third-order valence-electron chi connectivity index (χ3n) is 5.32. The van der Waals surface area contributed by atoms with Crippen LogP contribution in [0, 0.1) is 0 Å². The molecule has 0 aliphatic heterocycles. The van der Waals surface area contributed by atoms with Crippen molar-refractivity contribution in [1.82, 2.24) is 25.9 Å². The van der Waals surface area contributed by atoms with E-state index in [1.807, 2.05) is 30.3 Å². The summed E-state index contributed by atoms with van der Waals surface area (Å²) in [6.07, 6.45) is 2.12. The van der Waals surface area contributed by atoms with E-state index in [9.17, 15) is 29.1 Å². The van der Waals surface area contributed by atoms with Crippen LogP contribution in [0.15, 0.2) is 42.9 Å². The third-order valence-corrected chi connectivity index (χ3v) is 5.69. The van der Waals surface area contributed by atoms with Gasteiger partial charge < -0.3 is 36.9 Å². The number of benzene rings is 1. The Morgan fingerprint density at radius 3 is 2.11 bits per heavy atom. The van der Waals surface area contributed by atoms with Gasteiger partial charge in [-0.25, -0.2) is 9.78 Å². The highest BCUT2D eigenvalue weighted by Gasteiger charge is 2.30. The van der Waals surface area contributed by atoms with Crippen LogP contribution in [-0.2, 0) is 36.8 Å². The highest BCUT2D eigenvalue weighted by molar-refractivity contribution is 7.80. The van der Waals surface area contributed by atoms with Crippen molar-refractivity contribution < 1.29 is 34.2 Å². The van der Waals surface area contributed by atoms with E-state index < -0.39 is 60.2 Å². The first-order valence-corrected chi connectivity index (χ1v) is 12.0. The van der Waals surface area contributed by atoms with Crippen LogP contribution in [0.3, 0.4) is 0 Å². The lowest BCUT2D eigenvalue weighted by atomic mass is 10.1. The molecule has 0 saturated carbocycles. The second-order valence-electron chi connectivity index (χ2n) is 8.21. The van der Waals surface area contributed by atoms with Crippen molar-refractivity contribution >= 4 is 42.3 Å². The summed E-state index contributed by atoms with van der Waals surface area (Å²) in [7, 11) is 0. The summed E-state index contributed by atoms with van der Waals surface area (Å²) in [5.41, 5.74) is 7.29. The molecule has 14 heteroatoms. The lowest BCUT2D eigenvalue weighted by molar-refractivity contribution is -0.143. The molecule has 3 amide bonds. The molecule has 37 heavy (non-hydrogen) atoms. The molecule has 1 heterocycles. The van der Waals surface area contributed by atoms with E-state index in [2.05, 4.69) is 38.5 Å². The summed E-state index contributed by atoms with van der Waals surface area (Å²) in [5, 5.41) is 25.5. The third kappa shape index (κ3) is 9.93. The number of rotatable bonds is 15. The van der Waals surface area contributed by atoms with Gasteiger partial charge in [0.1, 0.15) is 18.1 Å². The Labute approximate surface area is 218 Å². The predicted molar refractivity (Wildman–Crippen MR) is 135 cm³/mol. The van der Waals surface area contributed by atoms with E-state index in [-0.39, 0.29) is 25.0 Å². The summed E-state index contributed by atoms with van der Waals surface area (Å²) in [6.45, 7) is 0. The predicted octanol–water partition coefficient (Wildman–Crippen LogP) is -1.14. The average molecular weight is 535 g/mol. The van der Waals surface area contributed by atoms with E-state index >= 15 is 0 Å². The van der Waals surface area contributed by atoms with Gasteiger partial charge in [0.2, 0.25) is 17.7 Å².